The Bertz CT molecular complexity index is 363. The molecule has 0 fully saturated rings. The third kappa shape index (κ3) is 4.06. The van der Waals surface area contributed by atoms with Crippen molar-refractivity contribution in [1.82, 2.24) is 9.97 Å². The second-order valence-corrected chi connectivity index (χ2v) is 5.30. The molecule has 0 aliphatic heterocycles. The molecule has 0 aromatic carbocycles. The minimum Gasteiger partial charge on any atom is -0.389 e. The monoisotopic (exact) mass is 287 g/mol. The molecular weight excluding hydrogens is 270 g/mol. The van der Waals surface area contributed by atoms with Crippen LogP contribution in [0.1, 0.15) is 26.6 Å². The predicted octanol–water partition coefficient (Wildman–Crippen LogP) is 2.01. The Labute approximate surface area is 105 Å². The van der Waals surface area contributed by atoms with E-state index in [0.29, 0.717) is 6.54 Å². The van der Waals surface area contributed by atoms with Crippen LogP contribution in [0.4, 0.5) is 5.82 Å². The van der Waals surface area contributed by atoms with Crippen LogP contribution >= 0.6 is 15.9 Å². The van der Waals surface area contributed by atoms with E-state index in [9.17, 15) is 5.11 Å². The zero-order chi connectivity index (χ0) is 12.3. The molecule has 0 saturated heterocycles. The van der Waals surface area contributed by atoms with Gasteiger partial charge >= 0.3 is 0 Å². The van der Waals surface area contributed by atoms with Crippen LogP contribution in [0, 0.1) is 0 Å². The Morgan fingerprint density at radius 1 is 1.44 bits per heavy atom. The van der Waals surface area contributed by atoms with Crippen LogP contribution in [-0.4, -0.2) is 34.3 Å². The summed E-state index contributed by atoms with van der Waals surface area (Å²) in [5.41, 5.74) is -0.738. The molecule has 0 aliphatic rings. The lowest BCUT2D eigenvalue weighted by atomic mass is 10.1. The van der Waals surface area contributed by atoms with E-state index in [-0.39, 0.29) is 0 Å². The number of hydrogen-bond acceptors (Lipinski definition) is 4. The van der Waals surface area contributed by atoms with E-state index in [1.54, 1.807) is 13.8 Å². The van der Waals surface area contributed by atoms with Crippen molar-refractivity contribution in [3.05, 3.63) is 16.5 Å². The largest absolute Gasteiger partial charge is 0.389 e. The molecule has 1 N–H and O–H groups in total. The van der Waals surface area contributed by atoms with Crippen molar-refractivity contribution in [2.45, 2.75) is 32.8 Å². The Kier molecular flexibility index (Phi) is 4.27. The first-order valence-electron chi connectivity index (χ1n) is 5.29. The number of nitrogens with zero attached hydrogens (tertiary/aromatic N) is 3. The van der Waals surface area contributed by atoms with Crippen LogP contribution in [0.5, 0.6) is 0 Å². The highest BCUT2D eigenvalue weighted by Gasteiger charge is 2.17. The van der Waals surface area contributed by atoms with Crippen LogP contribution < -0.4 is 4.90 Å². The van der Waals surface area contributed by atoms with E-state index in [1.165, 1.54) is 0 Å². The summed E-state index contributed by atoms with van der Waals surface area (Å²) in [5, 5.41) is 9.75. The van der Waals surface area contributed by atoms with Crippen molar-refractivity contribution in [2.75, 3.05) is 18.5 Å². The van der Waals surface area contributed by atoms with Crippen molar-refractivity contribution in [3.8, 4) is 0 Å². The Hall–Kier alpha value is -0.680. The quantitative estimate of drug-likeness (QED) is 0.861. The highest BCUT2D eigenvalue weighted by Crippen LogP contribution is 2.17. The SMILES string of the molecule is CCc1nc(Br)cc(N(C)CC(C)(C)O)n1. The predicted molar refractivity (Wildman–Crippen MR) is 68.7 cm³/mol. The van der Waals surface area contributed by atoms with Crippen molar-refractivity contribution in [2.24, 2.45) is 0 Å². The van der Waals surface area contributed by atoms with Gasteiger partial charge in [-0.05, 0) is 29.8 Å². The second kappa shape index (κ2) is 5.10. The Balaban J connectivity index is 2.90. The average molecular weight is 288 g/mol. The molecule has 0 amide bonds. The number of hydrogen-bond donors (Lipinski definition) is 1. The van der Waals surface area contributed by atoms with E-state index in [2.05, 4.69) is 25.9 Å². The Morgan fingerprint density at radius 3 is 2.56 bits per heavy atom. The molecule has 1 heterocycles. The van der Waals surface area contributed by atoms with Gasteiger partial charge < -0.3 is 10.0 Å². The summed E-state index contributed by atoms with van der Waals surface area (Å²) >= 11 is 3.36. The molecule has 0 aliphatic carbocycles. The maximum absolute atomic E-state index is 9.75. The molecule has 1 aromatic rings. The molecule has 0 radical (unpaired) electrons. The van der Waals surface area contributed by atoms with E-state index in [0.717, 1.165) is 22.7 Å². The summed E-state index contributed by atoms with van der Waals surface area (Å²) < 4.78 is 0.775. The topological polar surface area (TPSA) is 49.2 Å². The van der Waals surface area contributed by atoms with Gasteiger partial charge in [0.15, 0.2) is 0 Å². The normalized spacial score (nSPS) is 11.6. The fraction of sp³-hybridized carbons (Fsp3) is 0.636. The molecule has 0 unspecified atom stereocenters. The number of rotatable bonds is 4. The van der Waals surface area contributed by atoms with Gasteiger partial charge in [0.25, 0.3) is 0 Å². The van der Waals surface area contributed by atoms with Gasteiger partial charge in [-0.2, -0.15) is 0 Å². The molecular formula is C11H18BrN3O. The van der Waals surface area contributed by atoms with Gasteiger partial charge in [-0.3, -0.25) is 0 Å². The van der Waals surface area contributed by atoms with Crippen molar-refractivity contribution < 1.29 is 5.11 Å². The van der Waals surface area contributed by atoms with Crippen LogP contribution in [0.3, 0.4) is 0 Å². The fourth-order valence-electron chi connectivity index (χ4n) is 1.47. The molecule has 0 saturated carbocycles. The minimum atomic E-state index is -0.738. The highest BCUT2D eigenvalue weighted by atomic mass is 79.9. The van der Waals surface area contributed by atoms with Crippen LogP contribution in [0.15, 0.2) is 10.7 Å². The van der Waals surface area contributed by atoms with E-state index >= 15 is 0 Å². The average Bonchev–Trinajstić information content (AvgIpc) is 2.14. The standard InChI is InChI=1S/C11H18BrN3O/c1-5-9-13-8(12)6-10(14-9)15(4)7-11(2,3)16/h6,16H,5,7H2,1-4H3. The van der Waals surface area contributed by atoms with Gasteiger partial charge in [0.2, 0.25) is 0 Å². The zero-order valence-corrected chi connectivity index (χ0v) is 11.7. The molecule has 0 atom stereocenters. The van der Waals surface area contributed by atoms with E-state index in [1.807, 2.05) is 24.9 Å². The van der Waals surface area contributed by atoms with Crippen molar-refractivity contribution in [1.29, 1.82) is 0 Å². The van der Waals surface area contributed by atoms with Crippen LogP contribution in [-0.2, 0) is 6.42 Å². The molecule has 90 valence electrons. The maximum atomic E-state index is 9.75. The third-order valence-corrected chi connectivity index (χ3v) is 2.47. The summed E-state index contributed by atoms with van der Waals surface area (Å²) in [6.45, 7) is 6.10. The molecule has 0 spiro atoms. The Morgan fingerprint density at radius 2 is 2.06 bits per heavy atom. The number of likely N-dealkylation sites (N-methyl/N-ethyl adjacent to an activating group) is 1. The highest BCUT2D eigenvalue weighted by molar-refractivity contribution is 9.10. The zero-order valence-electron chi connectivity index (χ0n) is 10.2. The smallest absolute Gasteiger partial charge is 0.133 e. The summed E-state index contributed by atoms with van der Waals surface area (Å²) in [6.07, 6.45) is 0.794. The first kappa shape index (κ1) is 13.4. The summed E-state index contributed by atoms with van der Waals surface area (Å²) in [4.78, 5) is 10.6. The number of halogens is 1. The number of aromatic nitrogens is 2. The number of anilines is 1. The number of aryl methyl sites for hydroxylation is 1. The van der Waals surface area contributed by atoms with E-state index in [4.69, 9.17) is 0 Å². The van der Waals surface area contributed by atoms with Crippen molar-refractivity contribution >= 4 is 21.7 Å². The molecule has 1 aromatic heterocycles. The van der Waals surface area contributed by atoms with Gasteiger partial charge in [0.05, 0.1) is 5.60 Å². The molecule has 16 heavy (non-hydrogen) atoms. The molecule has 1 rings (SSSR count). The summed E-state index contributed by atoms with van der Waals surface area (Å²) in [7, 11) is 1.91. The minimum absolute atomic E-state index is 0.527. The van der Waals surface area contributed by atoms with Crippen molar-refractivity contribution in [3.63, 3.8) is 0 Å². The van der Waals surface area contributed by atoms with Gasteiger partial charge in [0.1, 0.15) is 16.2 Å². The van der Waals surface area contributed by atoms with E-state index < -0.39 is 5.60 Å². The second-order valence-electron chi connectivity index (χ2n) is 4.49. The fourth-order valence-corrected chi connectivity index (χ4v) is 1.88. The van der Waals surface area contributed by atoms with Gasteiger partial charge in [-0.1, -0.05) is 6.92 Å². The van der Waals surface area contributed by atoms with Gasteiger partial charge in [0, 0.05) is 26.1 Å². The van der Waals surface area contributed by atoms with Crippen LogP contribution in [0.25, 0.3) is 0 Å². The maximum Gasteiger partial charge on any atom is 0.133 e. The molecule has 0 bridgehead atoms. The third-order valence-electron chi connectivity index (χ3n) is 2.06. The number of aliphatic hydroxyl groups is 1. The lowest BCUT2D eigenvalue weighted by Crippen LogP contribution is -2.36. The van der Waals surface area contributed by atoms with Crippen LogP contribution in [0.2, 0.25) is 0 Å². The first-order valence-corrected chi connectivity index (χ1v) is 6.08. The van der Waals surface area contributed by atoms with Gasteiger partial charge in [-0.15, -0.1) is 0 Å². The van der Waals surface area contributed by atoms with Gasteiger partial charge in [-0.25, -0.2) is 9.97 Å². The lowest BCUT2D eigenvalue weighted by Gasteiger charge is -2.26. The molecule has 5 heteroatoms. The lowest BCUT2D eigenvalue weighted by molar-refractivity contribution is 0.0884. The first-order chi connectivity index (χ1) is 7.31. The summed E-state index contributed by atoms with van der Waals surface area (Å²) in [6, 6.07) is 1.85. The molecule has 4 nitrogen and oxygen atoms in total. The summed E-state index contributed by atoms with van der Waals surface area (Å²) in [5.74, 6) is 1.62.